The van der Waals surface area contributed by atoms with Crippen LogP contribution in [0.3, 0.4) is 0 Å². The number of nitrogens with zero attached hydrogens (tertiary/aromatic N) is 3. The minimum absolute atomic E-state index is 0.153. The van der Waals surface area contributed by atoms with E-state index < -0.39 is 0 Å². The lowest BCUT2D eigenvalue weighted by atomic mass is 9.78. The van der Waals surface area contributed by atoms with Crippen LogP contribution in [0.25, 0.3) is 0 Å². The van der Waals surface area contributed by atoms with Crippen LogP contribution in [0.4, 0.5) is 5.69 Å². The molecule has 0 bridgehead atoms. The number of aryl methyl sites for hydroxylation is 1. The van der Waals surface area contributed by atoms with Gasteiger partial charge in [0.2, 0.25) is 5.76 Å². The molecule has 156 valence electrons. The summed E-state index contributed by atoms with van der Waals surface area (Å²) in [6, 6.07) is 6.06. The van der Waals surface area contributed by atoms with Crippen molar-refractivity contribution in [2.45, 2.75) is 32.2 Å². The van der Waals surface area contributed by atoms with Crippen molar-refractivity contribution in [3.05, 3.63) is 45.8 Å². The molecule has 2 aromatic rings. The number of amides is 1. The van der Waals surface area contributed by atoms with Gasteiger partial charge in [-0.2, -0.15) is 0 Å². The van der Waals surface area contributed by atoms with E-state index in [0.29, 0.717) is 21.7 Å². The van der Waals surface area contributed by atoms with Crippen molar-refractivity contribution in [3.63, 3.8) is 0 Å². The summed E-state index contributed by atoms with van der Waals surface area (Å²) in [4.78, 5) is 17.0. The Balaban J connectivity index is 1.15. The molecule has 1 N–H and O–H groups in total. The molecule has 1 aliphatic heterocycles. The fourth-order valence-corrected chi connectivity index (χ4v) is 4.58. The Kier molecular flexibility index (Phi) is 6.32. The predicted octanol–water partition coefficient (Wildman–Crippen LogP) is 4.01. The first-order valence-corrected chi connectivity index (χ1v) is 10.9. The highest BCUT2D eigenvalue weighted by molar-refractivity contribution is 6.43. The molecule has 0 spiro atoms. The van der Waals surface area contributed by atoms with Crippen molar-refractivity contribution >= 4 is 34.8 Å². The summed E-state index contributed by atoms with van der Waals surface area (Å²) in [5.74, 6) is 0.849. The molecule has 1 aliphatic carbocycles. The van der Waals surface area contributed by atoms with Crippen LogP contribution in [-0.2, 0) is 0 Å². The van der Waals surface area contributed by atoms with Crippen molar-refractivity contribution in [3.8, 4) is 0 Å². The smallest absolute Gasteiger partial charge is 0.290 e. The molecule has 0 atom stereocenters. The zero-order valence-electron chi connectivity index (χ0n) is 16.5. The van der Waals surface area contributed by atoms with Crippen LogP contribution in [0.5, 0.6) is 0 Å². The van der Waals surface area contributed by atoms with Gasteiger partial charge in [0.25, 0.3) is 5.91 Å². The van der Waals surface area contributed by atoms with Gasteiger partial charge >= 0.3 is 0 Å². The van der Waals surface area contributed by atoms with E-state index in [9.17, 15) is 4.79 Å². The normalized spacial score (nSPS) is 22.4. The average molecular weight is 437 g/mol. The van der Waals surface area contributed by atoms with Gasteiger partial charge in [-0.1, -0.05) is 34.4 Å². The van der Waals surface area contributed by atoms with Crippen LogP contribution in [0, 0.1) is 12.8 Å². The summed E-state index contributed by atoms with van der Waals surface area (Å²) in [5, 5.41) is 7.96. The maximum absolute atomic E-state index is 12.2. The molecule has 1 aromatic carbocycles. The van der Waals surface area contributed by atoms with Gasteiger partial charge in [0.1, 0.15) is 0 Å². The third-order valence-electron chi connectivity index (χ3n) is 6.02. The number of anilines is 1. The van der Waals surface area contributed by atoms with E-state index in [1.807, 2.05) is 25.1 Å². The second kappa shape index (κ2) is 8.94. The fourth-order valence-electron chi connectivity index (χ4n) is 4.16. The second-order valence-corrected chi connectivity index (χ2v) is 8.82. The lowest BCUT2D eigenvalue weighted by molar-refractivity contribution is 0.0840. The zero-order chi connectivity index (χ0) is 20.4. The number of benzene rings is 1. The highest BCUT2D eigenvalue weighted by Crippen LogP contribution is 2.33. The van der Waals surface area contributed by atoms with Gasteiger partial charge in [0.05, 0.1) is 21.9 Å². The SMILES string of the molecule is Cc1cnoc1C(=O)N[C@H]1C[C@H](CCN2CCN(c3cccc(Cl)c3Cl)CC2)C1. The molecule has 4 rings (SSSR count). The van der Waals surface area contributed by atoms with E-state index in [1.165, 1.54) is 6.42 Å². The van der Waals surface area contributed by atoms with Gasteiger partial charge in [0.15, 0.2) is 0 Å². The van der Waals surface area contributed by atoms with Crippen LogP contribution in [0.2, 0.25) is 10.0 Å². The maximum atomic E-state index is 12.2. The van der Waals surface area contributed by atoms with E-state index in [1.54, 1.807) is 6.20 Å². The number of piperazine rings is 1. The Labute approximate surface area is 181 Å². The summed E-state index contributed by atoms with van der Waals surface area (Å²) < 4.78 is 5.02. The molecule has 0 unspecified atom stereocenters. The molecule has 0 radical (unpaired) electrons. The molecule has 1 saturated heterocycles. The monoisotopic (exact) mass is 436 g/mol. The fraction of sp³-hybridized carbons (Fsp3) is 0.524. The number of halogens is 2. The van der Waals surface area contributed by atoms with Crippen molar-refractivity contribution in [1.29, 1.82) is 0 Å². The maximum Gasteiger partial charge on any atom is 0.290 e. The molecule has 1 amide bonds. The first-order chi connectivity index (χ1) is 14.0. The summed E-state index contributed by atoms with van der Waals surface area (Å²) in [6.07, 6.45) is 4.82. The number of aromatic nitrogens is 1. The Morgan fingerprint density at radius 1 is 1.24 bits per heavy atom. The highest BCUT2D eigenvalue weighted by atomic mass is 35.5. The first kappa shape index (κ1) is 20.5. The van der Waals surface area contributed by atoms with Crippen LogP contribution < -0.4 is 10.2 Å². The molecule has 2 fully saturated rings. The highest BCUT2D eigenvalue weighted by Gasteiger charge is 2.32. The molecule has 29 heavy (non-hydrogen) atoms. The topological polar surface area (TPSA) is 61.6 Å². The summed E-state index contributed by atoms with van der Waals surface area (Å²) in [6.45, 7) is 6.90. The van der Waals surface area contributed by atoms with Gasteiger partial charge in [-0.3, -0.25) is 9.69 Å². The summed E-state index contributed by atoms with van der Waals surface area (Å²) in [5.41, 5.74) is 1.80. The third-order valence-corrected chi connectivity index (χ3v) is 6.83. The second-order valence-electron chi connectivity index (χ2n) is 8.04. The van der Waals surface area contributed by atoms with Gasteiger partial charge in [-0.05, 0) is 50.8 Å². The van der Waals surface area contributed by atoms with Gasteiger partial charge in [-0.25, -0.2) is 0 Å². The molecular weight excluding hydrogens is 411 g/mol. The largest absolute Gasteiger partial charge is 0.368 e. The minimum atomic E-state index is -0.153. The lowest BCUT2D eigenvalue weighted by Gasteiger charge is -2.39. The molecular formula is C21H26Cl2N4O2. The number of carbonyl (C=O) groups is 1. The minimum Gasteiger partial charge on any atom is -0.368 e. The van der Waals surface area contributed by atoms with Crippen LogP contribution in [0.1, 0.15) is 35.4 Å². The van der Waals surface area contributed by atoms with Crippen LogP contribution in [-0.4, -0.2) is 54.7 Å². The Bertz CT molecular complexity index is 858. The standard InChI is InChI=1S/C21H26Cl2N4O2/c1-14-13-24-29-20(14)21(28)25-16-11-15(12-16)5-6-26-7-9-27(10-8-26)18-4-2-3-17(22)19(18)23/h2-4,13,15-16H,5-12H2,1H3,(H,25,28)/t15-,16-. The molecule has 6 nitrogen and oxygen atoms in total. The van der Waals surface area contributed by atoms with Crippen LogP contribution >= 0.6 is 23.2 Å². The van der Waals surface area contributed by atoms with Crippen LogP contribution in [0.15, 0.2) is 28.9 Å². The zero-order valence-corrected chi connectivity index (χ0v) is 18.0. The number of hydrogen-bond acceptors (Lipinski definition) is 5. The van der Waals surface area contributed by atoms with Crippen molar-refractivity contribution in [2.75, 3.05) is 37.6 Å². The lowest BCUT2D eigenvalue weighted by Crippen LogP contribution is -2.48. The van der Waals surface area contributed by atoms with E-state index >= 15 is 0 Å². The average Bonchev–Trinajstić information content (AvgIpc) is 3.12. The molecule has 2 aliphatic rings. The Morgan fingerprint density at radius 2 is 2.00 bits per heavy atom. The van der Waals surface area contributed by atoms with E-state index in [0.717, 1.165) is 56.8 Å². The van der Waals surface area contributed by atoms with E-state index in [4.69, 9.17) is 27.7 Å². The van der Waals surface area contributed by atoms with Crippen molar-refractivity contribution in [1.82, 2.24) is 15.4 Å². The Morgan fingerprint density at radius 3 is 2.69 bits per heavy atom. The number of nitrogens with one attached hydrogen (secondary N) is 1. The number of hydrogen-bond donors (Lipinski definition) is 1. The summed E-state index contributed by atoms with van der Waals surface area (Å²) in [7, 11) is 0. The van der Waals surface area contributed by atoms with Crippen molar-refractivity contribution < 1.29 is 9.32 Å². The predicted molar refractivity (Wildman–Crippen MR) is 115 cm³/mol. The molecule has 1 saturated carbocycles. The Hall–Kier alpha value is -1.76. The molecule has 8 heteroatoms. The third kappa shape index (κ3) is 4.71. The van der Waals surface area contributed by atoms with Gasteiger partial charge in [-0.15, -0.1) is 0 Å². The molecule has 1 aromatic heterocycles. The number of carbonyl (C=O) groups excluding carboxylic acids is 1. The quantitative estimate of drug-likeness (QED) is 0.740. The van der Waals surface area contributed by atoms with E-state index in [2.05, 4.69) is 20.3 Å². The van der Waals surface area contributed by atoms with Crippen molar-refractivity contribution in [2.24, 2.45) is 5.92 Å². The summed E-state index contributed by atoms with van der Waals surface area (Å²) >= 11 is 12.5. The van der Waals surface area contributed by atoms with Gasteiger partial charge in [0, 0.05) is 37.8 Å². The van der Waals surface area contributed by atoms with E-state index in [-0.39, 0.29) is 11.9 Å². The number of rotatable bonds is 6. The first-order valence-electron chi connectivity index (χ1n) is 10.1. The molecule has 2 heterocycles. The van der Waals surface area contributed by atoms with Gasteiger partial charge < -0.3 is 14.7 Å².